The van der Waals surface area contributed by atoms with Gasteiger partial charge in [0.2, 0.25) is 0 Å². The molecular weight excluding hydrogens is 240 g/mol. The number of fused-ring (bicyclic) bond motifs is 1. The average molecular weight is 251 g/mol. The molecule has 0 radical (unpaired) electrons. The van der Waals surface area contributed by atoms with E-state index in [1.165, 1.54) is 0 Å². The second kappa shape index (κ2) is 5.01. The van der Waals surface area contributed by atoms with E-state index in [4.69, 9.17) is 16.3 Å². The van der Waals surface area contributed by atoms with Crippen molar-refractivity contribution in [2.45, 2.75) is 0 Å². The minimum atomic E-state index is -0.191. The quantitative estimate of drug-likeness (QED) is 0.907. The third kappa shape index (κ3) is 2.47. The Morgan fingerprint density at radius 1 is 1.47 bits per heavy atom. The molecule has 0 atom stereocenters. The monoisotopic (exact) mass is 250 g/mol. The van der Waals surface area contributed by atoms with Crippen molar-refractivity contribution >= 4 is 28.4 Å². The van der Waals surface area contributed by atoms with Gasteiger partial charge in [-0.05, 0) is 24.3 Å². The number of carbonyl (C=O) groups is 1. The van der Waals surface area contributed by atoms with Crippen molar-refractivity contribution in [1.29, 1.82) is 0 Å². The normalized spacial score (nSPS) is 10.2. The van der Waals surface area contributed by atoms with Crippen LogP contribution in [0.25, 0.3) is 10.9 Å². The fourth-order valence-corrected chi connectivity index (χ4v) is 1.66. The highest BCUT2D eigenvalue weighted by Crippen LogP contribution is 2.29. The number of hydrogen-bond acceptors (Lipinski definition) is 3. The predicted octanol–water partition coefficient (Wildman–Crippen LogP) is 2.01. The molecule has 1 N–H and O–H groups in total. The number of pyridine rings is 1. The summed E-state index contributed by atoms with van der Waals surface area (Å²) < 4.78 is 5.39. The summed E-state index contributed by atoms with van der Waals surface area (Å²) in [6.07, 6.45) is 1.66. The second-order valence-electron chi connectivity index (χ2n) is 3.41. The summed E-state index contributed by atoms with van der Waals surface area (Å²) in [5, 5.41) is 3.90. The molecular formula is C12H11ClN2O2. The Balaban J connectivity index is 2.35. The number of nitrogens with zero attached hydrogens (tertiary/aromatic N) is 1. The molecule has 0 saturated carbocycles. The summed E-state index contributed by atoms with van der Waals surface area (Å²) >= 11 is 6.04. The number of halogens is 1. The second-order valence-corrected chi connectivity index (χ2v) is 3.81. The van der Waals surface area contributed by atoms with E-state index in [0.29, 0.717) is 16.3 Å². The van der Waals surface area contributed by atoms with Crippen molar-refractivity contribution in [3.05, 3.63) is 35.5 Å². The summed E-state index contributed by atoms with van der Waals surface area (Å²) in [4.78, 5) is 15.3. The van der Waals surface area contributed by atoms with E-state index < -0.39 is 0 Å². The minimum Gasteiger partial charge on any atom is -0.481 e. The highest BCUT2D eigenvalue weighted by molar-refractivity contribution is 6.35. The highest BCUT2D eigenvalue weighted by Gasteiger charge is 2.07. The molecule has 0 bridgehead atoms. The van der Waals surface area contributed by atoms with Gasteiger partial charge in [-0.25, -0.2) is 0 Å². The molecule has 88 valence electrons. The van der Waals surface area contributed by atoms with Crippen LogP contribution in [0.3, 0.4) is 0 Å². The molecule has 17 heavy (non-hydrogen) atoms. The van der Waals surface area contributed by atoms with Gasteiger partial charge in [-0.1, -0.05) is 11.6 Å². The number of likely N-dealkylation sites (N-methyl/N-ethyl adjacent to an activating group) is 1. The number of nitrogens with one attached hydrogen (secondary N) is 1. The van der Waals surface area contributed by atoms with Crippen LogP contribution in [-0.2, 0) is 4.79 Å². The average Bonchev–Trinajstić information content (AvgIpc) is 2.38. The van der Waals surface area contributed by atoms with Gasteiger partial charge in [0.15, 0.2) is 6.61 Å². The summed E-state index contributed by atoms with van der Waals surface area (Å²) in [6.45, 7) is -0.0379. The van der Waals surface area contributed by atoms with Crippen molar-refractivity contribution in [3.63, 3.8) is 0 Å². The van der Waals surface area contributed by atoms with Crippen LogP contribution in [0.4, 0.5) is 0 Å². The zero-order chi connectivity index (χ0) is 12.3. The van der Waals surface area contributed by atoms with Gasteiger partial charge in [-0.3, -0.25) is 9.78 Å². The maximum absolute atomic E-state index is 11.1. The zero-order valence-electron chi connectivity index (χ0n) is 9.24. The first-order valence-electron chi connectivity index (χ1n) is 5.09. The Morgan fingerprint density at radius 3 is 3.06 bits per heavy atom. The van der Waals surface area contributed by atoms with Gasteiger partial charge in [-0.15, -0.1) is 0 Å². The largest absolute Gasteiger partial charge is 0.481 e. The molecule has 2 aromatic rings. The van der Waals surface area contributed by atoms with E-state index in [9.17, 15) is 4.79 Å². The SMILES string of the molecule is CNC(=O)COc1ccc(Cl)c2cccnc12. The van der Waals surface area contributed by atoms with Gasteiger partial charge in [0, 0.05) is 18.6 Å². The molecule has 4 nitrogen and oxygen atoms in total. The summed E-state index contributed by atoms with van der Waals surface area (Å²) in [5.74, 6) is 0.359. The molecule has 1 aromatic carbocycles. The van der Waals surface area contributed by atoms with Gasteiger partial charge in [-0.2, -0.15) is 0 Å². The number of aromatic nitrogens is 1. The van der Waals surface area contributed by atoms with Crippen LogP contribution in [0.15, 0.2) is 30.5 Å². The molecule has 0 fully saturated rings. The Bertz CT molecular complexity index is 557. The van der Waals surface area contributed by atoms with Crippen molar-refractivity contribution in [1.82, 2.24) is 10.3 Å². The molecule has 1 amide bonds. The van der Waals surface area contributed by atoms with Crippen LogP contribution >= 0.6 is 11.6 Å². The van der Waals surface area contributed by atoms with E-state index in [-0.39, 0.29) is 12.5 Å². The van der Waals surface area contributed by atoms with Gasteiger partial charge < -0.3 is 10.1 Å². The molecule has 1 aromatic heterocycles. The standard InChI is InChI=1S/C12H11ClN2O2/c1-14-11(16)7-17-10-5-4-9(13)8-3-2-6-15-12(8)10/h2-6H,7H2,1H3,(H,14,16). The Kier molecular flexibility index (Phi) is 3.44. The fourth-order valence-electron chi connectivity index (χ4n) is 1.44. The van der Waals surface area contributed by atoms with Crippen LogP contribution < -0.4 is 10.1 Å². The first-order valence-corrected chi connectivity index (χ1v) is 5.47. The molecule has 0 unspecified atom stereocenters. The maximum Gasteiger partial charge on any atom is 0.257 e. The molecule has 0 aliphatic heterocycles. The molecule has 0 aliphatic rings. The van der Waals surface area contributed by atoms with Crippen LogP contribution in [-0.4, -0.2) is 24.5 Å². The van der Waals surface area contributed by atoms with Gasteiger partial charge in [0.05, 0.1) is 5.02 Å². The topological polar surface area (TPSA) is 51.2 Å². The van der Waals surface area contributed by atoms with Gasteiger partial charge in [0.25, 0.3) is 5.91 Å². The smallest absolute Gasteiger partial charge is 0.257 e. The lowest BCUT2D eigenvalue weighted by Crippen LogP contribution is -2.24. The van der Waals surface area contributed by atoms with Crippen molar-refractivity contribution < 1.29 is 9.53 Å². The number of ether oxygens (including phenoxy) is 1. The van der Waals surface area contributed by atoms with E-state index in [2.05, 4.69) is 10.3 Å². The van der Waals surface area contributed by atoms with E-state index in [0.717, 1.165) is 5.39 Å². The van der Waals surface area contributed by atoms with Crippen molar-refractivity contribution in [2.24, 2.45) is 0 Å². The van der Waals surface area contributed by atoms with Crippen LogP contribution in [0.2, 0.25) is 5.02 Å². The number of carbonyl (C=O) groups excluding carboxylic acids is 1. The van der Waals surface area contributed by atoms with E-state index in [1.807, 2.05) is 6.07 Å². The summed E-state index contributed by atoms with van der Waals surface area (Å²) in [7, 11) is 1.56. The third-order valence-corrected chi connectivity index (χ3v) is 2.65. The van der Waals surface area contributed by atoms with Crippen LogP contribution in [0.1, 0.15) is 0 Å². The lowest BCUT2D eigenvalue weighted by Gasteiger charge is -2.08. The van der Waals surface area contributed by atoms with Gasteiger partial charge >= 0.3 is 0 Å². The molecule has 5 heteroatoms. The third-order valence-electron chi connectivity index (χ3n) is 2.32. The zero-order valence-corrected chi connectivity index (χ0v) is 9.99. The van der Waals surface area contributed by atoms with Crippen LogP contribution in [0, 0.1) is 0 Å². The Labute approximate surface area is 104 Å². The molecule has 0 aliphatic carbocycles. The Morgan fingerprint density at radius 2 is 2.29 bits per heavy atom. The first kappa shape index (κ1) is 11.7. The van der Waals surface area contributed by atoms with E-state index >= 15 is 0 Å². The van der Waals surface area contributed by atoms with Crippen molar-refractivity contribution in [2.75, 3.05) is 13.7 Å². The lowest BCUT2D eigenvalue weighted by atomic mass is 10.2. The first-order chi connectivity index (χ1) is 8.22. The number of hydrogen-bond donors (Lipinski definition) is 1. The van der Waals surface area contributed by atoms with Gasteiger partial charge in [0.1, 0.15) is 11.3 Å². The number of amides is 1. The maximum atomic E-state index is 11.1. The molecule has 0 saturated heterocycles. The van der Waals surface area contributed by atoms with E-state index in [1.54, 1.807) is 31.4 Å². The van der Waals surface area contributed by atoms with Crippen molar-refractivity contribution in [3.8, 4) is 5.75 Å². The lowest BCUT2D eigenvalue weighted by molar-refractivity contribution is -0.122. The Hall–Kier alpha value is -1.81. The highest BCUT2D eigenvalue weighted by atomic mass is 35.5. The fraction of sp³-hybridized carbons (Fsp3) is 0.167. The molecule has 0 spiro atoms. The molecule has 2 rings (SSSR count). The minimum absolute atomic E-state index is 0.0379. The summed E-state index contributed by atoms with van der Waals surface area (Å²) in [5.41, 5.74) is 0.656. The van der Waals surface area contributed by atoms with Crippen LogP contribution in [0.5, 0.6) is 5.75 Å². The molecule has 1 heterocycles. The predicted molar refractivity (Wildman–Crippen MR) is 66.3 cm³/mol. The number of benzene rings is 1. The number of rotatable bonds is 3. The summed E-state index contributed by atoms with van der Waals surface area (Å²) in [6, 6.07) is 7.10.